The highest BCUT2D eigenvalue weighted by Gasteiger charge is 2.40. The van der Waals surface area contributed by atoms with Crippen LogP contribution in [0.25, 0.3) is 0 Å². The predicted octanol–water partition coefficient (Wildman–Crippen LogP) is 4.64. The standard InChI is InChI=1S/C31H32FN5O3/c1-31(2)19-36(30(40)25-9-5-15-34-25)18-24-27(35-37(28(24)31)17-21-11-13-23(32)14-12-21)26(38)10-4-7-20-6-3-8-22(16-20)29(33)39/h3,5-6,8-9,11-16,34H,4,7,10,17-19H2,1-2H3,(H2,33,39). The Bertz CT molecular complexity index is 1550. The smallest absolute Gasteiger partial charge is 0.270 e. The monoisotopic (exact) mass is 541 g/mol. The maximum absolute atomic E-state index is 13.6. The lowest BCUT2D eigenvalue weighted by molar-refractivity contribution is 0.0674. The molecule has 1 aliphatic rings. The second-order valence-electron chi connectivity index (χ2n) is 10.9. The van der Waals surface area contributed by atoms with Crippen LogP contribution in [-0.4, -0.2) is 43.8 Å². The topological polar surface area (TPSA) is 114 Å². The third kappa shape index (κ3) is 5.59. The van der Waals surface area contributed by atoms with Crippen LogP contribution in [0.4, 0.5) is 4.39 Å². The van der Waals surface area contributed by atoms with Gasteiger partial charge in [-0.25, -0.2) is 4.39 Å². The number of ketones is 1. The van der Waals surface area contributed by atoms with Gasteiger partial charge in [-0.2, -0.15) is 5.10 Å². The van der Waals surface area contributed by atoms with Crippen molar-refractivity contribution in [1.82, 2.24) is 19.7 Å². The van der Waals surface area contributed by atoms with Crippen LogP contribution in [0, 0.1) is 5.82 Å². The third-order valence-corrected chi connectivity index (χ3v) is 7.33. The molecule has 0 unspecified atom stereocenters. The molecule has 1 aliphatic heterocycles. The van der Waals surface area contributed by atoms with Crippen LogP contribution in [0.1, 0.15) is 80.4 Å². The molecule has 40 heavy (non-hydrogen) atoms. The Morgan fingerprint density at radius 2 is 1.82 bits per heavy atom. The number of halogens is 1. The molecule has 4 aromatic rings. The molecule has 0 atom stereocenters. The number of hydrogen-bond donors (Lipinski definition) is 2. The highest BCUT2D eigenvalue weighted by atomic mass is 19.1. The SMILES string of the molecule is CC1(C)CN(C(=O)c2ccc[nH]2)Cc2c(C(=O)CCCc3cccc(C(N)=O)c3)nn(Cc3ccc(F)cc3)c21. The molecule has 0 spiro atoms. The summed E-state index contributed by atoms with van der Waals surface area (Å²) in [5, 5.41) is 4.79. The molecule has 9 heteroatoms. The van der Waals surface area contributed by atoms with Gasteiger partial charge in [0.15, 0.2) is 5.78 Å². The average molecular weight is 542 g/mol. The zero-order chi connectivity index (χ0) is 28.4. The van der Waals surface area contributed by atoms with Gasteiger partial charge in [-0.05, 0) is 60.4 Å². The Balaban J connectivity index is 1.44. The van der Waals surface area contributed by atoms with E-state index in [4.69, 9.17) is 10.8 Å². The summed E-state index contributed by atoms with van der Waals surface area (Å²) < 4.78 is 15.4. The molecule has 0 aliphatic carbocycles. The van der Waals surface area contributed by atoms with Gasteiger partial charge >= 0.3 is 0 Å². The van der Waals surface area contributed by atoms with Crippen molar-refractivity contribution in [2.24, 2.45) is 5.73 Å². The summed E-state index contributed by atoms with van der Waals surface area (Å²) >= 11 is 0. The lowest BCUT2D eigenvalue weighted by Crippen LogP contribution is -2.46. The first-order valence-electron chi connectivity index (χ1n) is 13.3. The Hall–Kier alpha value is -4.53. The van der Waals surface area contributed by atoms with Crippen molar-refractivity contribution in [1.29, 1.82) is 0 Å². The molecule has 2 amide bonds. The van der Waals surface area contributed by atoms with Gasteiger partial charge in [-0.15, -0.1) is 0 Å². The molecule has 0 fully saturated rings. The highest BCUT2D eigenvalue weighted by molar-refractivity contribution is 5.97. The molecule has 206 valence electrons. The molecule has 3 heterocycles. The minimum atomic E-state index is -0.489. The normalized spacial score (nSPS) is 14.1. The van der Waals surface area contributed by atoms with E-state index in [-0.39, 0.29) is 30.5 Å². The first kappa shape index (κ1) is 27.1. The summed E-state index contributed by atoms with van der Waals surface area (Å²) in [5.74, 6) is -1.05. The van der Waals surface area contributed by atoms with Crippen molar-refractivity contribution in [2.75, 3.05) is 6.54 Å². The number of carbonyl (C=O) groups is 3. The minimum Gasteiger partial charge on any atom is -0.366 e. The van der Waals surface area contributed by atoms with Crippen molar-refractivity contribution in [3.63, 3.8) is 0 Å². The Labute approximate surface area is 232 Å². The molecule has 5 rings (SSSR count). The van der Waals surface area contributed by atoms with E-state index in [2.05, 4.69) is 4.98 Å². The summed E-state index contributed by atoms with van der Waals surface area (Å²) in [6, 6.07) is 16.9. The number of carbonyl (C=O) groups excluding carboxylic acids is 3. The van der Waals surface area contributed by atoms with Gasteiger partial charge in [0.1, 0.15) is 17.2 Å². The maximum Gasteiger partial charge on any atom is 0.270 e. The number of nitrogens with two attached hydrogens (primary N) is 1. The van der Waals surface area contributed by atoms with E-state index >= 15 is 0 Å². The zero-order valence-corrected chi connectivity index (χ0v) is 22.6. The van der Waals surface area contributed by atoms with Crippen LogP contribution in [-0.2, 0) is 24.9 Å². The number of aromatic nitrogens is 3. The number of primary amides is 1. The van der Waals surface area contributed by atoms with Crippen LogP contribution >= 0.6 is 0 Å². The molecular formula is C31H32FN5O3. The fourth-order valence-corrected chi connectivity index (χ4v) is 5.54. The van der Waals surface area contributed by atoms with E-state index in [9.17, 15) is 18.8 Å². The number of H-pyrrole nitrogens is 1. The highest BCUT2D eigenvalue weighted by Crippen LogP contribution is 2.37. The molecule has 0 bridgehead atoms. The fourth-order valence-electron chi connectivity index (χ4n) is 5.54. The molecule has 2 aromatic heterocycles. The van der Waals surface area contributed by atoms with Crippen molar-refractivity contribution < 1.29 is 18.8 Å². The number of fused-ring (bicyclic) bond motifs is 1. The Morgan fingerprint density at radius 1 is 1.05 bits per heavy atom. The fraction of sp³-hybridized carbons (Fsp3) is 0.290. The molecule has 3 N–H and O–H groups in total. The predicted molar refractivity (Wildman–Crippen MR) is 149 cm³/mol. The first-order chi connectivity index (χ1) is 19.1. The van der Waals surface area contributed by atoms with Crippen LogP contribution < -0.4 is 5.73 Å². The maximum atomic E-state index is 13.6. The Morgan fingerprint density at radius 3 is 2.52 bits per heavy atom. The van der Waals surface area contributed by atoms with E-state index in [1.807, 2.05) is 24.6 Å². The van der Waals surface area contributed by atoms with Gasteiger partial charge in [0.25, 0.3) is 5.91 Å². The number of Topliss-reactive ketones (excluding diaryl/α,β-unsaturated/α-hetero) is 1. The van der Waals surface area contributed by atoms with Gasteiger partial charge in [0.05, 0.1) is 18.8 Å². The van der Waals surface area contributed by atoms with Crippen LogP contribution in [0.2, 0.25) is 0 Å². The van der Waals surface area contributed by atoms with Gasteiger partial charge in [0, 0.05) is 35.7 Å². The van der Waals surface area contributed by atoms with E-state index in [0.29, 0.717) is 42.9 Å². The quantitative estimate of drug-likeness (QED) is 0.301. The van der Waals surface area contributed by atoms with Gasteiger partial charge < -0.3 is 15.6 Å². The molecular weight excluding hydrogens is 509 g/mol. The number of aromatic amines is 1. The van der Waals surface area contributed by atoms with Crippen molar-refractivity contribution in [3.05, 3.63) is 112 Å². The Kier molecular flexibility index (Phi) is 7.38. The summed E-state index contributed by atoms with van der Waals surface area (Å²) in [5.41, 5.74) is 9.64. The largest absolute Gasteiger partial charge is 0.366 e. The molecule has 0 saturated heterocycles. The summed E-state index contributed by atoms with van der Waals surface area (Å²) in [6.45, 7) is 5.19. The number of aryl methyl sites for hydroxylation is 1. The van der Waals surface area contributed by atoms with Crippen LogP contribution in [0.15, 0.2) is 66.9 Å². The summed E-state index contributed by atoms with van der Waals surface area (Å²) in [7, 11) is 0. The van der Waals surface area contributed by atoms with Crippen molar-refractivity contribution in [3.8, 4) is 0 Å². The van der Waals surface area contributed by atoms with Gasteiger partial charge in [0.2, 0.25) is 5.91 Å². The summed E-state index contributed by atoms with van der Waals surface area (Å²) in [4.78, 5) is 43.1. The second-order valence-corrected chi connectivity index (χ2v) is 10.9. The zero-order valence-electron chi connectivity index (χ0n) is 22.6. The lowest BCUT2D eigenvalue weighted by Gasteiger charge is -2.38. The number of hydrogen-bond acceptors (Lipinski definition) is 4. The number of rotatable bonds is 9. The molecule has 2 aromatic carbocycles. The molecule has 8 nitrogen and oxygen atoms in total. The van der Waals surface area contributed by atoms with Crippen LogP contribution in [0.3, 0.4) is 0 Å². The summed E-state index contributed by atoms with van der Waals surface area (Å²) in [6.07, 6.45) is 3.14. The van der Waals surface area contributed by atoms with E-state index in [0.717, 1.165) is 22.4 Å². The number of benzene rings is 2. The minimum absolute atomic E-state index is 0.106. The van der Waals surface area contributed by atoms with E-state index in [1.54, 1.807) is 53.6 Å². The van der Waals surface area contributed by atoms with E-state index in [1.165, 1.54) is 12.1 Å². The first-order valence-corrected chi connectivity index (χ1v) is 13.3. The van der Waals surface area contributed by atoms with E-state index < -0.39 is 11.3 Å². The number of nitrogens with one attached hydrogen (secondary N) is 1. The van der Waals surface area contributed by atoms with Crippen molar-refractivity contribution >= 4 is 17.6 Å². The average Bonchev–Trinajstić information content (AvgIpc) is 3.58. The van der Waals surface area contributed by atoms with Crippen LogP contribution in [0.5, 0.6) is 0 Å². The number of amides is 2. The number of nitrogens with zero attached hydrogens (tertiary/aromatic N) is 3. The lowest BCUT2D eigenvalue weighted by atomic mass is 9.81. The van der Waals surface area contributed by atoms with Crippen molar-refractivity contribution in [2.45, 2.75) is 51.6 Å². The molecule has 0 saturated carbocycles. The molecule has 0 radical (unpaired) electrons. The second kappa shape index (κ2) is 10.9. The third-order valence-electron chi connectivity index (χ3n) is 7.33. The van der Waals surface area contributed by atoms with Gasteiger partial charge in [-0.1, -0.05) is 38.1 Å². The van der Waals surface area contributed by atoms with Gasteiger partial charge in [-0.3, -0.25) is 19.1 Å².